The van der Waals surface area contributed by atoms with Crippen LogP contribution in [0.2, 0.25) is 0 Å². The molecule has 1 heterocycles. The summed E-state index contributed by atoms with van der Waals surface area (Å²) < 4.78 is 0. The summed E-state index contributed by atoms with van der Waals surface area (Å²) in [5, 5.41) is 0. The molecule has 3 nitrogen and oxygen atoms in total. The van der Waals surface area contributed by atoms with Crippen LogP contribution in [0.4, 0.5) is 0 Å². The van der Waals surface area contributed by atoms with Gasteiger partial charge >= 0.3 is 0 Å². The molecule has 1 aromatic rings. The third-order valence-corrected chi connectivity index (χ3v) is 1.95. The van der Waals surface area contributed by atoms with Gasteiger partial charge in [0, 0.05) is 18.8 Å². The molecule has 1 rings (SSSR count). The van der Waals surface area contributed by atoms with E-state index >= 15 is 0 Å². The first-order chi connectivity index (χ1) is 6.24. The van der Waals surface area contributed by atoms with Gasteiger partial charge in [0.05, 0.1) is 12.4 Å². The maximum absolute atomic E-state index is 5.61. The van der Waals surface area contributed by atoms with E-state index in [9.17, 15) is 0 Å². The Hall–Kier alpha value is -1.38. The van der Waals surface area contributed by atoms with Crippen LogP contribution in [0.1, 0.15) is 24.5 Å². The van der Waals surface area contributed by atoms with Crippen molar-refractivity contribution in [1.29, 1.82) is 0 Å². The van der Waals surface area contributed by atoms with Gasteiger partial charge in [-0.25, -0.2) is 0 Å². The third kappa shape index (κ3) is 2.86. The van der Waals surface area contributed by atoms with E-state index in [0.29, 0.717) is 12.4 Å². The molecule has 70 valence electrons. The monoisotopic (exact) mass is 177 g/mol. The summed E-state index contributed by atoms with van der Waals surface area (Å²) in [6.45, 7) is 4.69. The topological polar surface area (TPSA) is 51.3 Å². The van der Waals surface area contributed by atoms with Crippen molar-refractivity contribution < 1.29 is 0 Å². The number of aromatic nitrogens is 1. The lowest BCUT2D eigenvalue weighted by atomic mass is 10.2. The van der Waals surface area contributed by atoms with Crippen LogP contribution in [-0.4, -0.2) is 10.8 Å². The number of hydrogen-bond donors (Lipinski definition) is 1. The molecule has 0 aliphatic heterocycles. The smallest absolute Gasteiger partial charge is 0.0938 e. The van der Waals surface area contributed by atoms with Crippen LogP contribution in [0.3, 0.4) is 0 Å². The minimum Gasteiger partial charge on any atom is -0.387 e. The molecule has 0 bridgehead atoms. The van der Waals surface area contributed by atoms with Crippen LogP contribution in [-0.2, 0) is 6.54 Å². The fourth-order valence-corrected chi connectivity index (χ4v) is 0.978. The molecule has 0 saturated heterocycles. The number of nitrogens with two attached hydrogens (primary N) is 1. The van der Waals surface area contributed by atoms with E-state index in [1.165, 1.54) is 5.56 Å². The number of aliphatic imine (C=N–C) groups is 1. The molecular formula is C10H15N3. The first-order valence-corrected chi connectivity index (χ1v) is 4.42. The van der Waals surface area contributed by atoms with E-state index in [2.05, 4.69) is 9.98 Å². The first kappa shape index (κ1) is 9.71. The fourth-order valence-electron chi connectivity index (χ4n) is 0.978. The maximum Gasteiger partial charge on any atom is 0.0938 e. The number of pyridine rings is 1. The number of aryl methyl sites for hydroxylation is 1. The van der Waals surface area contributed by atoms with Gasteiger partial charge in [0.15, 0.2) is 0 Å². The Kier molecular flexibility index (Phi) is 3.43. The van der Waals surface area contributed by atoms with E-state index in [-0.39, 0.29) is 0 Å². The van der Waals surface area contributed by atoms with Crippen molar-refractivity contribution in [2.75, 3.05) is 0 Å². The van der Waals surface area contributed by atoms with Crippen LogP contribution in [0.25, 0.3) is 0 Å². The highest BCUT2D eigenvalue weighted by Crippen LogP contribution is 2.06. The van der Waals surface area contributed by atoms with Gasteiger partial charge in [0.1, 0.15) is 0 Å². The molecular weight excluding hydrogens is 162 g/mol. The van der Waals surface area contributed by atoms with Crippen LogP contribution in [0.5, 0.6) is 0 Å². The highest BCUT2D eigenvalue weighted by molar-refractivity contribution is 5.79. The molecule has 0 atom stereocenters. The SMILES string of the molecule is CCC(N)=NCc1ccncc1C. The average molecular weight is 177 g/mol. The lowest BCUT2D eigenvalue weighted by Gasteiger charge is -2.01. The Morgan fingerprint density at radius 1 is 1.62 bits per heavy atom. The quantitative estimate of drug-likeness (QED) is 0.564. The lowest BCUT2D eigenvalue weighted by molar-refractivity contribution is 1.01. The third-order valence-electron chi connectivity index (χ3n) is 1.95. The summed E-state index contributed by atoms with van der Waals surface area (Å²) in [6.07, 6.45) is 4.43. The van der Waals surface area contributed by atoms with Crippen LogP contribution >= 0.6 is 0 Å². The molecule has 0 saturated carbocycles. The van der Waals surface area contributed by atoms with E-state index in [4.69, 9.17) is 5.73 Å². The fraction of sp³-hybridized carbons (Fsp3) is 0.400. The van der Waals surface area contributed by atoms with Gasteiger partial charge in [0.2, 0.25) is 0 Å². The van der Waals surface area contributed by atoms with Crippen molar-refractivity contribution in [3.8, 4) is 0 Å². The summed E-state index contributed by atoms with van der Waals surface area (Å²) in [5.41, 5.74) is 7.95. The minimum absolute atomic E-state index is 0.661. The molecule has 0 unspecified atom stereocenters. The molecule has 0 aliphatic carbocycles. The van der Waals surface area contributed by atoms with E-state index in [0.717, 1.165) is 12.0 Å². The molecule has 2 N–H and O–H groups in total. The zero-order valence-electron chi connectivity index (χ0n) is 8.12. The van der Waals surface area contributed by atoms with Crippen LogP contribution < -0.4 is 5.73 Å². The van der Waals surface area contributed by atoms with Gasteiger partial charge in [-0.1, -0.05) is 6.92 Å². The first-order valence-electron chi connectivity index (χ1n) is 4.42. The van der Waals surface area contributed by atoms with E-state index in [1.54, 1.807) is 6.20 Å². The zero-order chi connectivity index (χ0) is 9.68. The van der Waals surface area contributed by atoms with Crippen molar-refractivity contribution in [3.63, 3.8) is 0 Å². The van der Waals surface area contributed by atoms with Crippen molar-refractivity contribution in [3.05, 3.63) is 29.6 Å². The second-order valence-electron chi connectivity index (χ2n) is 2.96. The normalized spacial score (nSPS) is 11.7. The molecule has 0 fully saturated rings. The minimum atomic E-state index is 0.661. The second kappa shape index (κ2) is 4.60. The molecule has 0 spiro atoms. The zero-order valence-corrected chi connectivity index (χ0v) is 8.12. The van der Waals surface area contributed by atoms with Gasteiger partial charge < -0.3 is 5.73 Å². The van der Waals surface area contributed by atoms with Crippen LogP contribution in [0.15, 0.2) is 23.5 Å². The van der Waals surface area contributed by atoms with Gasteiger partial charge in [-0.15, -0.1) is 0 Å². The lowest BCUT2D eigenvalue weighted by Crippen LogP contribution is -2.09. The molecule has 0 radical (unpaired) electrons. The predicted octanol–water partition coefficient (Wildman–Crippen LogP) is 1.66. The summed E-state index contributed by atoms with van der Waals surface area (Å²) in [5.74, 6) is 0.705. The van der Waals surface area contributed by atoms with Gasteiger partial charge in [-0.05, 0) is 24.1 Å². The molecule has 0 amide bonds. The van der Waals surface area contributed by atoms with E-state index < -0.39 is 0 Å². The Labute approximate surface area is 78.7 Å². The standard InChI is InChI=1S/C10H15N3/c1-3-10(11)13-7-9-4-5-12-6-8(9)2/h4-6H,3,7H2,1-2H3,(H2,11,13). The highest BCUT2D eigenvalue weighted by Gasteiger charge is 1.95. The maximum atomic E-state index is 5.61. The Morgan fingerprint density at radius 2 is 2.38 bits per heavy atom. The number of amidine groups is 1. The molecule has 0 aromatic carbocycles. The number of hydrogen-bond acceptors (Lipinski definition) is 2. The highest BCUT2D eigenvalue weighted by atomic mass is 14.8. The molecule has 1 aromatic heterocycles. The van der Waals surface area contributed by atoms with Crippen molar-refractivity contribution in [2.24, 2.45) is 10.7 Å². The Morgan fingerprint density at radius 3 is 3.00 bits per heavy atom. The average Bonchev–Trinajstić information content (AvgIpc) is 2.16. The van der Waals surface area contributed by atoms with Crippen molar-refractivity contribution >= 4 is 5.84 Å². The second-order valence-corrected chi connectivity index (χ2v) is 2.96. The van der Waals surface area contributed by atoms with Gasteiger partial charge in [0.25, 0.3) is 0 Å². The summed E-state index contributed by atoms with van der Waals surface area (Å²) >= 11 is 0. The number of nitrogens with zero attached hydrogens (tertiary/aromatic N) is 2. The Bertz CT molecular complexity index is 305. The summed E-state index contributed by atoms with van der Waals surface area (Å²) in [4.78, 5) is 8.25. The van der Waals surface area contributed by atoms with Crippen molar-refractivity contribution in [1.82, 2.24) is 4.98 Å². The predicted molar refractivity (Wildman–Crippen MR) is 54.6 cm³/mol. The van der Waals surface area contributed by atoms with E-state index in [1.807, 2.05) is 26.1 Å². The molecule has 3 heteroatoms. The van der Waals surface area contributed by atoms with Crippen molar-refractivity contribution in [2.45, 2.75) is 26.8 Å². The van der Waals surface area contributed by atoms with Crippen LogP contribution in [0, 0.1) is 6.92 Å². The Balaban J connectivity index is 2.70. The van der Waals surface area contributed by atoms with Gasteiger partial charge in [-0.2, -0.15) is 0 Å². The summed E-state index contributed by atoms with van der Waals surface area (Å²) in [6, 6.07) is 1.97. The van der Waals surface area contributed by atoms with Gasteiger partial charge in [-0.3, -0.25) is 9.98 Å². The largest absolute Gasteiger partial charge is 0.387 e. The molecule has 13 heavy (non-hydrogen) atoms. The summed E-state index contributed by atoms with van der Waals surface area (Å²) in [7, 11) is 0. The molecule has 0 aliphatic rings. The number of rotatable bonds is 3.